The topological polar surface area (TPSA) is 79.4 Å². The SMILES string of the molecule is COc1cccc2cc(C(=O)OCC[NH+]3CCOCC3)c(=O)oc12. The zero-order valence-electron chi connectivity index (χ0n) is 13.5. The lowest BCUT2D eigenvalue weighted by molar-refractivity contribution is -0.908. The molecule has 1 aliphatic rings. The number of rotatable bonds is 5. The number of methoxy groups -OCH3 is 1. The van der Waals surface area contributed by atoms with Gasteiger partial charge in [0.25, 0.3) is 0 Å². The molecule has 0 atom stereocenters. The van der Waals surface area contributed by atoms with Crippen molar-refractivity contribution >= 4 is 16.9 Å². The first kappa shape index (κ1) is 16.5. The first-order valence-electron chi connectivity index (χ1n) is 7.88. The molecule has 0 bridgehead atoms. The van der Waals surface area contributed by atoms with Crippen LogP contribution in [0.3, 0.4) is 0 Å². The van der Waals surface area contributed by atoms with Crippen LogP contribution >= 0.6 is 0 Å². The summed E-state index contributed by atoms with van der Waals surface area (Å²) < 4.78 is 20.9. The van der Waals surface area contributed by atoms with Crippen LogP contribution < -0.4 is 15.3 Å². The predicted octanol–water partition coefficient (Wildman–Crippen LogP) is -0.126. The molecule has 0 spiro atoms. The molecule has 7 heteroatoms. The molecule has 2 heterocycles. The summed E-state index contributed by atoms with van der Waals surface area (Å²) in [5.41, 5.74) is -0.511. The molecule has 1 aromatic heterocycles. The summed E-state index contributed by atoms with van der Waals surface area (Å²) in [6.07, 6.45) is 0. The van der Waals surface area contributed by atoms with Gasteiger partial charge in [0, 0.05) is 5.39 Å². The molecular weight excluding hydrogens is 314 g/mol. The maximum Gasteiger partial charge on any atom is 0.351 e. The normalized spacial score (nSPS) is 15.4. The van der Waals surface area contributed by atoms with E-state index < -0.39 is 11.6 Å². The third kappa shape index (κ3) is 3.58. The van der Waals surface area contributed by atoms with E-state index in [1.54, 1.807) is 18.2 Å². The molecule has 0 radical (unpaired) electrons. The fourth-order valence-corrected chi connectivity index (χ4v) is 2.70. The van der Waals surface area contributed by atoms with E-state index >= 15 is 0 Å². The summed E-state index contributed by atoms with van der Waals surface area (Å²) in [6.45, 7) is 4.19. The number of nitrogens with one attached hydrogen (secondary N) is 1. The molecule has 24 heavy (non-hydrogen) atoms. The molecule has 1 aliphatic heterocycles. The van der Waals surface area contributed by atoms with Crippen molar-refractivity contribution in [1.29, 1.82) is 0 Å². The van der Waals surface area contributed by atoms with Gasteiger partial charge in [-0.25, -0.2) is 9.59 Å². The van der Waals surface area contributed by atoms with Crippen molar-refractivity contribution < 1.29 is 28.3 Å². The Morgan fingerprint density at radius 1 is 1.29 bits per heavy atom. The van der Waals surface area contributed by atoms with E-state index in [9.17, 15) is 9.59 Å². The van der Waals surface area contributed by atoms with Crippen LogP contribution in [0.4, 0.5) is 0 Å². The quantitative estimate of drug-likeness (QED) is 0.606. The van der Waals surface area contributed by atoms with Gasteiger partial charge in [-0.15, -0.1) is 0 Å². The minimum Gasteiger partial charge on any atom is -0.493 e. The van der Waals surface area contributed by atoms with Gasteiger partial charge in [0.05, 0.1) is 20.3 Å². The van der Waals surface area contributed by atoms with E-state index in [0.717, 1.165) is 26.3 Å². The highest BCUT2D eigenvalue weighted by Gasteiger charge is 2.18. The first-order valence-corrected chi connectivity index (χ1v) is 7.88. The van der Waals surface area contributed by atoms with Crippen LogP contribution in [-0.2, 0) is 9.47 Å². The molecule has 0 amide bonds. The second-order valence-electron chi connectivity index (χ2n) is 5.57. The van der Waals surface area contributed by atoms with Crippen LogP contribution in [0, 0.1) is 0 Å². The molecule has 3 rings (SSSR count). The third-order valence-corrected chi connectivity index (χ3v) is 4.05. The van der Waals surface area contributed by atoms with Gasteiger partial charge in [-0.3, -0.25) is 0 Å². The fraction of sp³-hybridized carbons (Fsp3) is 0.412. The van der Waals surface area contributed by atoms with E-state index in [4.69, 9.17) is 18.6 Å². The fourth-order valence-electron chi connectivity index (χ4n) is 2.70. The number of esters is 1. The lowest BCUT2D eigenvalue weighted by Gasteiger charge is -2.23. The number of fused-ring (bicyclic) bond motifs is 1. The molecular formula is C17H20NO6+. The lowest BCUT2D eigenvalue weighted by Crippen LogP contribution is -3.14. The Morgan fingerprint density at radius 3 is 2.83 bits per heavy atom. The number of morpholine rings is 1. The summed E-state index contributed by atoms with van der Waals surface area (Å²) >= 11 is 0. The van der Waals surface area contributed by atoms with Crippen LogP contribution in [0.2, 0.25) is 0 Å². The largest absolute Gasteiger partial charge is 0.493 e. The summed E-state index contributed by atoms with van der Waals surface area (Å²) in [7, 11) is 1.49. The molecule has 1 aromatic carbocycles. The van der Waals surface area contributed by atoms with Crippen molar-refractivity contribution in [3.63, 3.8) is 0 Å². The smallest absolute Gasteiger partial charge is 0.351 e. The number of ether oxygens (including phenoxy) is 3. The van der Waals surface area contributed by atoms with Gasteiger partial charge in [0.2, 0.25) is 0 Å². The highest BCUT2D eigenvalue weighted by Crippen LogP contribution is 2.24. The van der Waals surface area contributed by atoms with Gasteiger partial charge in [-0.2, -0.15) is 0 Å². The minimum atomic E-state index is -0.726. The summed E-state index contributed by atoms with van der Waals surface area (Å²) in [5, 5.41) is 0.611. The Labute approximate surface area is 138 Å². The number of hydrogen-bond donors (Lipinski definition) is 1. The van der Waals surface area contributed by atoms with Gasteiger partial charge >= 0.3 is 11.6 Å². The zero-order valence-corrected chi connectivity index (χ0v) is 13.5. The molecule has 7 nitrogen and oxygen atoms in total. The number of carbonyl (C=O) groups is 1. The maximum atomic E-state index is 12.2. The van der Waals surface area contributed by atoms with Crippen LogP contribution in [0.1, 0.15) is 10.4 Å². The highest BCUT2D eigenvalue weighted by atomic mass is 16.5. The van der Waals surface area contributed by atoms with Crippen LogP contribution in [0.5, 0.6) is 5.75 Å². The van der Waals surface area contributed by atoms with E-state index in [1.165, 1.54) is 18.1 Å². The van der Waals surface area contributed by atoms with Crippen LogP contribution in [0.25, 0.3) is 11.0 Å². The average molecular weight is 334 g/mol. The Balaban J connectivity index is 1.70. The van der Waals surface area contributed by atoms with Crippen molar-refractivity contribution in [3.05, 3.63) is 40.2 Å². The van der Waals surface area contributed by atoms with Gasteiger partial charge in [0.15, 0.2) is 11.3 Å². The number of para-hydroxylation sites is 1. The minimum absolute atomic E-state index is 0.104. The van der Waals surface area contributed by atoms with Crippen molar-refractivity contribution in [2.45, 2.75) is 0 Å². The van der Waals surface area contributed by atoms with Crippen molar-refractivity contribution in [2.75, 3.05) is 46.6 Å². The Morgan fingerprint density at radius 2 is 2.08 bits per heavy atom. The number of hydrogen-bond acceptors (Lipinski definition) is 6. The third-order valence-electron chi connectivity index (χ3n) is 4.05. The summed E-state index contributed by atoms with van der Waals surface area (Å²) in [5.74, 6) is -0.221. The molecule has 128 valence electrons. The Bertz CT molecular complexity index is 778. The van der Waals surface area contributed by atoms with Crippen molar-refractivity contribution in [2.24, 2.45) is 0 Å². The molecule has 1 fully saturated rings. The van der Waals surface area contributed by atoms with Crippen molar-refractivity contribution in [3.8, 4) is 5.75 Å². The molecule has 0 aliphatic carbocycles. The standard InChI is InChI=1S/C17H19NO6/c1-21-14-4-2-3-12-11-13(17(20)24-15(12)14)16(19)23-10-7-18-5-8-22-9-6-18/h2-4,11H,5-10H2,1H3/p+1. The van der Waals surface area contributed by atoms with Crippen molar-refractivity contribution in [1.82, 2.24) is 0 Å². The van der Waals surface area contributed by atoms with Gasteiger partial charge in [0.1, 0.15) is 31.8 Å². The van der Waals surface area contributed by atoms with E-state index in [2.05, 4.69) is 0 Å². The number of benzene rings is 1. The summed E-state index contributed by atoms with van der Waals surface area (Å²) in [4.78, 5) is 25.5. The Hall–Kier alpha value is -2.38. The molecule has 2 aromatic rings. The molecule has 0 unspecified atom stereocenters. The second-order valence-corrected chi connectivity index (χ2v) is 5.57. The van der Waals surface area contributed by atoms with Crippen LogP contribution in [-0.4, -0.2) is 52.5 Å². The lowest BCUT2D eigenvalue weighted by atomic mass is 10.2. The monoisotopic (exact) mass is 334 g/mol. The van der Waals surface area contributed by atoms with Gasteiger partial charge < -0.3 is 23.5 Å². The molecule has 0 saturated carbocycles. The van der Waals surface area contributed by atoms with Crippen LogP contribution in [0.15, 0.2) is 33.5 Å². The molecule has 1 N–H and O–H groups in total. The number of carbonyl (C=O) groups excluding carboxylic acids is 1. The summed E-state index contributed by atoms with van der Waals surface area (Å²) in [6, 6.07) is 6.68. The van der Waals surface area contributed by atoms with Gasteiger partial charge in [-0.05, 0) is 12.1 Å². The highest BCUT2D eigenvalue weighted by molar-refractivity contribution is 5.93. The number of quaternary nitrogens is 1. The van der Waals surface area contributed by atoms with E-state index in [1.807, 2.05) is 0 Å². The van der Waals surface area contributed by atoms with E-state index in [0.29, 0.717) is 23.3 Å². The predicted molar refractivity (Wildman–Crippen MR) is 85.7 cm³/mol. The molecule has 1 saturated heterocycles. The van der Waals surface area contributed by atoms with Gasteiger partial charge in [-0.1, -0.05) is 12.1 Å². The second kappa shape index (κ2) is 7.46. The average Bonchev–Trinajstić information content (AvgIpc) is 2.61. The maximum absolute atomic E-state index is 12.2. The Kier molecular flexibility index (Phi) is 5.12. The van der Waals surface area contributed by atoms with E-state index in [-0.39, 0.29) is 12.2 Å². The zero-order chi connectivity index (χ0) is 16.9. The first-order chi connectivity index (χ1) is 11.7.